The number of aliphatic hydroxyl groups is 3. The Labute approximate surface area is 220 Å². The number of nitrogens with zero attached hydrogens (tertiary/aromatic N) is 5. The van der Waals surface area contributed by atoms with E-state index in [0.717, 1.165) is 0 Å². The van der Waals surface area contributed by atoms with Crippen molar-refractivity contribution in [1.29, 1.82) is 0 Å². The van der Waals surface area contributed by atoms with E-state index >= 15 is 0 Å². The van der Waals surface area contributed by atoms with Crippen molar-refractivity contribution in [3.63, 3.8) is 0 Å². The molecule has 1 aliphatic rings. The Morgan fingerprint density at radius 2 is 1.95 bits per heavy atom. The van der Waals surface area contributed by atoms with Crippen LogP contribution in [0.25, 0.3) is 22.7 Å². The van der Waals surface area contributed by atoms with Gasteiger partial charge in [0.25, 0.3) is 10.1 Å². The molecular weight excluding hydrogens is 538 g/mol. The van der Waals surface area contributed by atoms with Gasteiger partial charge in [0, 0.05) is 11.9 Å². The van der Waals surface area contributed by atoms with Crippen LogP contribution >= 0.6 is 0 Å². The highest BCUT2D eigenvalue weighted by molar-refractivity contribution is 7.85. The molecule has 0 radical (unpaired) electrons. The highest BCUT2D eigenvalue weighted by Gasteiger charge is 2.44. The predicted octanol–water partition coefficient (Wildman–Crippen LogP) is -0.00510. The van der Waals surface area contributed by atoms with Crippen LogP contribution in [0.15, 0.2) is 41.7 Å². The summed E-state index contributed by atoms with van der Waals surface area (Å²) in [5.74, 6) is -0.604. The molecule has 206 valence electrons. The summed E-state index contributed by atoms with van der Waals surface area (Å²) in [6, 6.07) is 5.14. The molecule has 0 unspecified atom stereocenters. The number of aromatic nitrogens is 6. The maximum Gasteiger partial charge on any atom is 0.342 e. The molecule has 1 aromatic carbocycles. The van der Waals surface area contributed by atoms with Crippen molar-refractivity contribution in [2.45, 2.75) is 36.4 Å². The van der Waals surface area contributed by atoms with Gasteiger partial charge in [0.2, 0.25) is 0 Å². The lowest BCUT2D eigenvalue weighted by Crippen LogP contribution is -2.33. The number of benzene rings is 1. The zero-order valence-corrected chi connectivity index (χ0v) is 21.0. The third-order valence-electron chi connectivity index (χ3n) is 5.98. The number of nitrogens with one attached hydrogen (secondary N) is 2. The molecule has 16 nitrogen and oxygen atoms in total. The Morgan fingerprint density at radius 1 is 1.21 bits per heavy atom. The number of anilines is 2. The quantitative estimate of drug-likeness (QED) is 0.123. The van der Waals surface area contributed by atoms with Crippen molar-refractivity contribution < 1.29 is 42.6 Å². The zero-order valence-electron chi connectivity index (χ0n) is 20.2. The fourth-order valence-electron chi connectivity index (χ4n) is 4.08. The van der Waals surface area contributed by atoms with Crippen LogP contribution in [-0.2, 0) is 19.6 Å². The molecule has 4 atom stereocenters. The van der Waals surface area contributed by atoms with Crippen LogP contribution in [0, 0.1) is 0 Å². The first kappa shape index (κ1) is 26.6. The summed E-state index contributed by atoms with van der Waals surface area (Å²) < 4.78 is 44.1. The third-order valence-corrected chi connectivity index (χ3v) is 6.84. The van der Waals surface area contributed by atoms with Gasteiger partial charge in [0.05, 0.1) is 24.4 Å². The number of fused-ring (bicyclic) bond motifs is 1. The van der Waals surface area contributed by atoms with E-state index in [-0.39, 0.29) is 45.6 Å². The van der Waals surface area contributed by atoms with E-state index in [1.54, 1.807) is 6.92 Å². The summed E-state index contributed by atoms with van der Waals surface area (Å²) in [4.78, 5) is 25.5. The molecule has 4 aromatic rings. The number of aromatic amines is 1. The monoisotopic (exact) mass is 561 g/mol. The van der Waals surface area contributed by atoms with Crippen molar-refractivity contribution in [1.82, 2.24) is 29.7 Å². The Morgan fingerprint density at radius 3 is 2.59 bits per heavy atom. The lowest BCUT2D eigenvalue weighted by atomic mass is 10.1. The van der Waals surface area contributed by atoms with Crippen molar-refractivity contribution in [2.24, 2.45) is 0 Å². The van der Waals surface area contributed by atoms with Crippen molar-refractivity contribution in [2.75, 3.05) is 18.5 Å². The molecular formula is C22H23N7O9S. The maximum atomic E-state index is 12.5. The lowest BCUT2D eigenvalue weighted by molar-refractivity contribution is -0.0511. The highest BCUT2D eigenvalue weighted by atomic mass is 32.2. The van der Waals surface area contributed by atoms with Crippen LogP contribution in [0.3, 0.4) is 0 Å². The summed E-state index contributed by atoms with van der Waals surface area (Å²) in [5.41, 5.74) is 0.768. The molecule has 39 heavy (non-hydrogen) atoms. The van der Waals surface area contributed by atoms with Crippen molar-refractivity contribution in [3.05, 3.63) is 42.4 Å². The SMILES string of the molecule is CCOC(=O)c1c[nH]nc1-c1nc(Nc2ccc(S(=O)(=O)O)cc2)c2ncn([C@@H]3O[C@H](CO)[C@@H](O)[C@H]3O)c2n1. The zero-order chi connectivity index (χ0) is 27.9. The minimum atomic E-state index is -4.40. The minimum absolute atomic E-state index is 0.0441. The Kier molecular flexibility index (Phi) is 7.02. The Balaban J connectivity index is 1.63. The molecule has 1 aliphatic heterocycles. The number of rotatable bonds is 8. The van der Waals surface area contributed by atoms with Gasteiger partial charge in [-0.15, -0.1) is 0 Å². The molecule has 0 bridgehead atoms. The van der Waals surface area contributed by atoms with E-state index in [4.69, 9.17) is 9.47 Å². The van der Waals surface area contributed by atoms with Gasteiger partial charge in [-0.3, -0.25) is 14.2 Å². The second-order valence-corrected chi connectivity index (χ2v) is 9.86. The smallest absolute Gasteiger partial charge is 0.342 e. The van der Waals surface area contributed by atoms with Crippen molar-refractivity contribution in [3.8, 4) is 11.5 Å². The topological polar surface area (TPSA) is 235 Å². The van der Waals surface area contributed by atoms with E-state index < -0.39 is 47.2 Å². The summed E-state index contributed by atoms with van der Waals surface area (Å²) >= 11 is 0. The summed E-state index contributed by atoms with van der Waals surface area (Å²) in [7, 11) is -4.40. The van der Waals surface area contributed by atoms with Gasteiger partial charge in [0.15, 0.2) is 29.0 Å². The van der Waals surface area contributed by atoms with E-state index in [1.807, 2.05) is 0 Å². The van der Waals surface area contributed by atoms with Gasteiger partial charge in [0.1, 0.15) is 29.6 Å². The average molecular weight is 562 g/mol. The molecule has 0 amide bonds. The number of H-pyrrole nitrogens is 1. The predicted molar refractivity (Wildman–Crippen MR) is 131 cm³/mol. The molecule has 3 aromatic heterocycles. The van der Waals surface area contributed by atoms with Crippen LogP contribution < -0.4 is 5.32 Å². The van der Waals surface area contributed by atoms with Gasteiger partial charge < -0.3 is 30.1 Å². The number of hydrogen-bond acceptors (Lipinski definition) is 13. The molecule has 1 fully saturated rings. The van der Waals surface area contributed by atoms with Crippen LogP contribution in [0.2, 0.25) is 0 Å². The van der Waals surface area contributed by atoms with E-state index in [1.165, 1.54) is 41.4 Å². The molecule has 6 N–H and O–H groups in total. The normalized spacial score (nSPS) is 21.4. The summed E-state index contributed by atoms with van der Waals surface area (Å²) in [6.45, 7) is 1.23. The van der Waals surface area contributed by atoms with Gasteiger partial charge in [-0.25, -0.2) is 19.7 Å². The molecule has 17 heteroatoms. The first-order valence-electron chi connectivity index (χ1n) is 11.5. The Bertz CT molecular complexity index is 1620. The van der Waals surface area contributed by atoms with E-state index in [2.05, 4.69) is 30.5 Å². The number of esters is 1. The van der Waals surface area contributed by atoms with Crippen molar-refractivity contribution >= 4 is 38.8 Å². The molecule has 1 saturated heterocycles. The summed E-state index contributed by atoms with van der Waals surface area (Å²) in [5, 5.41) is 40.0. The lowest BCUT2D eigenvalue weighted by Gasteiger charge is -2.17. The van der Waals surface area contributed by atoms with Crippen LogP contribution in [0.1, 0.15) is 23.5 Å². The number of carbonyl (C=O) groups excluding carboxylic acids is 1. The number of imidazole rings is 1. The standard InChI is InChI=1S/C22H23N7O9S/c1-2-37-22(33)12-7-24-28-14(12)18-26-19(25-10-3-5-11(6-4-10)39(34,35)36)15-20(27-18)29(9-23-15)21-17(32)16(31)13(8-30)38-21/h3-7,9,13,16-17,21,30-32H,2,8H2,1H3,(H,24,28)(H,25,26,27)(H,34,35,36)/t13-,16-,17-,21-/m1/s1. The Hall–Kier alpha value is -4.00. The molecule has 0 spiro atoms. The van der Waals surface area contributed by atoms with E-state index in [9.17, 15) is 33.1 Å². The van der Waals surface area contributed by atoms with E-state index in [0.29, 0.717) is 5.69 Å². The van der Waals surface area contributed by atoms with Gasteiger partial charge >= 0.3 is 5.97 Å². The molecule has 0 saturated carbocycles. The maximum absolute atomic E-state index is 12.5. The number of aliphatic hydroxyl groups excluding tert-OH is 3. The average Bonchev–Trinajstić information content (AvgIpc) is 3.62. The summed E-state index contributed by atoms with van der Waals surface area (Å²) in [6.07, 6.45) is -2.40. The second kappa shape index (κ2) is 10.3. The first-order chi connectivity index (χ1) is 18.6. The van der Waals surface area contributed by atoms with Gasteiger partial charge in [-0.2, -0.15) is 13.5 Å². The largest absolute Gasteiger partial charge is 0.462 e. The molecule has 4 heterocycles. The van der Waals surface area contributed by atoms with Crippen LogP contribution in [-0.4, -0.2) is 95.5 Å². The van der Waals surface area contributed by atoms with Gasteiger partial charge in [-0.05, 0) is 31.2 Å². The first-order valence-corrected chi connectivity index (χ1v) is 13.0. The van der Waals surface area contributed by atoms with Gasteiger partial charge in [-0.1, -0.05) is 0 Å². The fraction of sp³-hybridized carbons (Fsp3) is 0.318. The minimum Gasteiger partial charge on any atom is -0.462 e. The third kappa shape index (κ3) is 4.93. The number of carbonyl (C=O) groups is 1. The molecule has 5 rings (SSSR count). The highest BCUT2D eigenvalue weighted by Crippen LogP contribution is 2.34. The second-order valence-electron chi connectivity index (χ2n) is 8.44. The number of hydrogen-bond donors (Lipinski definition) is 6. The number of ether oxygens (including phenoxy) is 2. The fourth-order valence-corrected chi connectivity index (χ4v) is 4.56. The van der Waals surface area contributed by atoms with Crippen LogP contribution in [0.5, 0.6) is 0 Å². The molecule has 0 aliphatic carbocycles. The van der Waals surface area contributed by atoms with Crippen LogP contribution in [0.4, 0.5) is 11.5 Å².